The molecule has 1 atom stereocenters. The van der Waals surface area contributed by atoms with Gasteiger partial charge in [-0.2, -0.15) is 0 Å². The molecule has 1 heterocycles. The van der Waals surface area contributed by atoms with Crippen LogP contribution in [0.5, 0.6) is 0 Å². The van der Waals surface area contributed by atoms with Gasteiger partial charge in [0.05, 0.1) is 0 Å². The molecule has 0 radical (unpaired) electrons. The average Bonchev–Trinajstić information content (AvgIpc) is 2.82. The smallest absolute Gasteiger partial charge is 0.228 e. The highest BCUT2D eigenvalue weighted by Gasteiger charge is 2.20. The predicted octanol–water partition coefficient (Wildman–Crippen LogP) is 1.93. The van der Waals surface area contributed by atoms with E-state index in [-0.39, 0.29) is 11.7 Å². The number of carbonyl (C=O) groups is 1. The van der Waals surface area contributed by atoms with Gasteiger partial charge in [0.2, 0.25) is 5.91 Å². The van der Waals surface area contributed by atoms with E-state index in [9.17, 15) is 9.18 Å². The number of amides is 1. The standard InChI is InChI=1S/C13H17FN2O/c1-16(12-6-4-10(14)5-7-12)13(17)9-11-3-2-8-15-11/h4-7,11,15H,2-3,8-9H2,1H3. The van der Waals surface area contributed by atoms with Crippen LogP contribution in [-0.2, 0) is 4.79 Å². The molecule has 1 aliphatic rings. The van der Waals surface area contributed by atoms with E-state index in [0.717, 1.165) is 25.1 Å². The first-order valence-corrected chi connectivity index (χ1v) is 5.92. The van der Waals surface area contributed by atoms with Crippen molar-refractivity contribution in [3.63, 3.8) is 0 Å². The second-order valence-electron chi connectivity index (χ2n) is 4.43. The molecule has 0 saturated carbocycles. The molecule has 3 nitrogen and oxygen atoms in total. The molecule has 0 aromatic heterocycles. The van der Waals surface area contributed by atoms with Gasteiger partial charge in [0, 0.05) is 25.2 Å². The summed E-state index contributed by atoms with van der Waals surface area (Å²) in [5, 5.41) is 3.30. The minimum Gasteiger partial charge on any atom is -0.315 e. The van der Waals surface area contributed by atoms with E-state index >= 15 is 0 Å². The maximum Gasteiger partial charge on any atom is 0.228 e. The van der Waals surface area contributed by atoms with Crippen LogP contribution in [0, 0.1) is 5.82 Å². The van der Waals surface area contributed by atoms with Gasteiger partial charge in [0.25, 0.3) is 0 Å². The van der Waals surface area contributed by atoms with Gasteiger partial charge in [-0.1, -0.05) is 0 Å². The number of anilines is 1. The molecule has 1 unspecified atom stereocenters. The number of nitrogens with one attached hydrogen (secondary N) is 1. The topological polar surface area (TPSA) is 32.3 Å². The monoisotopic (exact) mass is 236 g/mol. The number of hydrogen-bond acceptors (Lipinski definition) is 2. The zero-order valence-corrected chi connectivity index (χ0v) is 9.95. The van der Waals surface area contributed by atoms with Crippen LogP contribution >= 0.6 is 0 Å². The lowest BCUT2D eigenvalue weighted by Crippen LogP contribution is -2.33. The number of carbonyl (C=O) groups excluding carboxylic acids is 1. The molecule has 0 bridgehead atoms. The first kappa shape index (κ1) is 12.0. The summed E-state index contributed by atoms with van der Waals surface area (Å²) in [5.41, 5.74) is 0.731. The van der Waals surface area contributed by atoms with Crippen LogP contribution in [0.4, 0.5) is 10.1 Å². The molecule has 2 rings (SSSR count). The fraction of sp³-hybridized carbons (Fsp3) is 0.462. The second-order valence-corrected chi connectivity index (χ2v) is 4.43. The van der Waals surface area contributed by atoms with Crippen LogP contribution in [0.1, 0.15) is 19.3 Å². The number of halogens is 1. The lowest BCUT2D eigenvalue weighted by atomic mass is 10.1. The van der Waals surface area contributed by atoms with Crippen molar-refractivity contribution >= 4 is 11.6 Å². The van der Waals surface area contributed by atoms with Gasteiger partial charge in [-0.25, -0.2) is 4.39 Å². The molecule has 1 N–H and O–H groups in total. The first-order chi connectivity index (χ1) is 8.16. The van der Waals surface area contributed by atoms with Crippen LogP contribution in [0.25, 0.3) is 0 Å². The highest BCUT2D eigenvalue weighted by Crippen LogP contribution is 2.16. The third kappa shape index (κ3) is 3.03. The fourth-order valence-electron chi connectivity index (χ4n) is 2.09. The van der Waals surface area contributed by atoms with Gasteiger partial charge in [-0.05, 0) is 43.7 Å². The molecular formula is C13H17FN2O. The fourth-order valence-corrected chi connectivity index (χ4v) is 2.09. The quantitative estimate of drug-likeness (QED) is 0.869. The van der Waals surface area contributed by atoms with Crippen molar-refractivity contribution in [2.75, 3.05) is 18.5 Å². The summed E-state index contributed by atoms with van der Waals surface area (Å²) in [7, 11) is 1.73. The summed E-state index contributed by atoms with van der Waals surface area (Å²) in [4.78, 5) is 13.6. The van der Waals surface area contributed by atoms with Gasteiger partial charge in [0.15, 0.2) is 0 Å². The highest BCUT2D eigenvalue weighted by molar-refractivity contribution is 5.93. The SMILES string of the molecule is CN(C(=O)CC1CCCN1)c1ccc(F)cc1. The molecule has 92 valence electrons. The number of benzene rings is 1. The molecule has 1 aliphatic heterocycles. The van der Waals surface area contributed by atoms with Crippen molar-refractivity contribution < 1.29 is 9.18 Å². The molecule has 17 heavy (non-hydrogen) atoms. The van der Waals surface area contributed by atoms with Crippen molar-refractivity contribution in [2.24, 2.45) is 0 Å². The van der Waals surface area contributed by atoms with E-state index in [1.807, 2.05) is 0 Å². The third-order valence-corrected chi connectivity index (χ3v) is 3.17. The van der Waals surface area contributed by atoms with Crippen LogP contribution in [0.2, 0.25) is 0 Å². The Hall–Kier alpha value is -1.42. The van der Waals surface area contributed by atoms with Crippen molar-refractivity contribution in [3.05, 3.63) is 30.1 Å². The van der Waals surface area contributed by atoms with Crippen molar-refractivity contribution in [1.82, 2.24) is 5.32 Å². The predicted molar refractivity (Wildman–Crippen MR) is 65.5 cm³/mol. The zero-order chi connectivity index (χ0) is 12.3. The summed E-state index contributed by atoms with van der Waals surface area (Å²) < 4.78 is 12.8. The Balaban J connectivity index is 1.96. The van der Waals surface area contributed by atoms with Crippen LogP contribution in [-0.4, -0.2) is 25.5 Å². The Morgan fingerprint density at radius 3 is 2.76 bits per heavy atom. The maximum atomic E-state index is 12.8. The first-order valence-electron chi connectivity index (χ1n) is 5.92. The number of hydrogen-bond donors (Lipinski definition) is 1. The van der Waals surface area contributed by atoms with Gasteiger partial charge >= 0.3 is 0 Å². The molecule has 1 aromatic rings. The van der Waals surface area contributed by atoms with E-state index in [0.29, 0.717) is 12.5 Å². The van der Waals surface area contributed by atoms with E-state index in [4.69, 9.17) is 0 Å². The molecule has 1 aromatic carbocycles. The Morgan fingerprint density at radius 1 is 1.47 bits per heavy atom. The van der Waals surface area contributed by atoms with E-state index in [1.165, 1.54) is 12.1 Å². The van der Waals surface area contributed by atoms with E-state index in [2.05, 4.69) is 5.32 Å². The summed E-state index contributed by atoms with van der Waals surface area (Å²) in [6.07, 6.45) is 2.70. The highest BCUT2D eigenvalue weighted by atomic mass is 19.1. The average molecular weight is 236 g/mol. The Morgan fingerprint density at radius 2 is 2.18 bits per heavy atom. The van der Waals surface area contributed by atoms with Gasteiger partial charge in [-0.15, -0.1) is 0 Å². The zero-order valence-electron chi connectivity index (χ0n) is 9.95. The normalized spacial score (nSPS) is 19.3. The van der Waals surface area contributed by atoms with Gasteiger partial charge in [0.1, 0.15) is 5.82 Å². The molecule has 1 saturated heterocycles. The Kier molecular flexibility index (Phi) is 3.74. The minimum absolute atomic E-state index is 0.0657. The van der Waals surface area contributed by atoms with Crippen molar-refractivity contribution in [1.29, 1.82) is 0 Å². The molecule has 0 aliphatic carbocycles. The number of rotatable bonds is 3. The Labute approximate surface area is 101 Å². The van der Waals surface area contributed by atoms with E-state index < -0.39 is 0 Å². The van der Waals surface area contributed by atoms with Gasteiger partial charge < -0.3 is 10.2 Å². The number of nitrogens with zero attached hydrogens (tertiary/aromatic N) is 1. The lowest BCUT2D eigenvalue weighted by molar-refractivity contribution is -0.118. The molecule has 4 heteroatoms. The largest absolute Gasteiger partial charge is 0.315 e. The molecule has 0 spiro atoms. The van der Waals surface area contributed by atoms with E-state index in [1.54, 1.807) is 24.1 Å². The maximum absolute atomic E-state index is 12.8. The van der Waals surface area contributed by atoms with Gasteiger partial charge in [-0.3, -0.25) is 4.79 Å². The Bertz CT molecular complexity index is 385. The summed E-state index contributed by atoms with van der Waals surface area (Å²) >= 11 is 0. The van der Waals surface area contributed by atoms with Crippen LogP contribution < -0.4 is 10.2 Å². The van der Waals surface area contributed by atoms with Crippen LogP contribution in [0.3, 0.4) is 0 Å². The summed E-state index contributed by atoms with van der Waals surface area (Å²) in [6, 6.07) is 6.27. The minimum atomic E-state index is -0.285. The summed E-state index contributed by atoms with van der Waals surface area (Å²) in [5.74, 6) is -0.219. The third-order valence-electron chi connectivity index (χ3n) is 3.17. The molecule has 1 fully saturated rings. The lowest BCUT2D eigenvalue weighted by Gasteiger charge is -2.19. The van der Waals surface area contributed by atoms with Crippen molar-refractivity contribution in [2.45, 2.75) is 25.3 Å². The van der Waals surface area contributed by atoms with Crippen LogP contribution in [0.15, 0.2) is 24.3 Å². The molecule has 1 amide bonds. The molecular weight excluding hydrogens is 219 g/mol. The van der Waals surface area contributed by atoms with Crippen molar-refractivity contribution in [3.8, 4) is 0 Å². The second kappa shape index (κ2) is 5.27. The summed E-state index contributed by atoms with van der Waals surface area (Å²) in [6.45, 7) is 0.998.